The van der Waals surface area contributed by atoms with E-state index in [-0.39, 0.29) is 5.97 Å². The number of nitrogens with zero attached hydrogens (tertiary/aromatic N) is 2. The maximum atomic E-state index is 11.9. The highest BCUT2D eigenvalue weighted by atomic mass is 35.5. The fourth-order valence-electron chi connectivity index (χ4n) is 3.16. The van der Waals surface area contributed by atoms with Gasteiger partial charge >= 0.3 is 5.97 Å². The highest BCUT2D eigenvalue weighted by molar-refractivity contribution is 6.35. The molecule has 0 N–H and O–H groups in total. The van der Waals surface area contributed by atoms with Crippen molar-refractivity contribution in [3.05, 3.63) is 82.4 Å². The normalized spacial score (nSPS) is 15.0. The molecule has 0 aliphatic carbocycles. The molecule has 0 amide bonds. The van der Waals surface area contributed by atoms with Crippen LogP contribution in [0, 0.1) is 0 Å². The van der Waals surface area contributed by atoms with Gasteiger partial charge in [0, 0.05) is 36.3 Å². The minimum absolute atomic E-state index is 0.235. The zero-order valence-electron chi connectivity index (χ0n) is 16.5. The Balaban J connectivity index is 1.63. The Morgan fingerprint density at radius 1 is 1.14 bits per heavy atom. The number of hydrogen-bond acceptors (Lipinski definition) is 5. The van der Waals surface area contributed by atoms with Crippen molar-refractivity contribution >= 4 is 23.3 Å². The molecule has 6 heteroatoms. The van der Waals surface area contributed by atoms with Gasteiger partial charge in [0.1, 0.15) is 12.3 Å². The van der Waals surface area contributed by atoms with Gasteiger partial charge in [-0.15, -0.1) is 0 Å². The minimum atomic E-state index is -0.235. The van der Waals surface area contributed by atoms with Crippen molar-refractivity contribution < 1.29 is 14.4 Å². The smallest absolute Gasteiger partial charge is 0.334 e. The molecular weight excluding hydrogens is 388 g/mol. The first-order valence-corrected chi connectivity index (χ1v) is 10.2. The van der Waals surface area contributed by atoms with Crippen molar-refractivity contribution in [1.82, 2.24) is 4.90 Å². The molecule has 0 saturated carbocycles. The first-order valence-electron chi connectivity index (χ1n) is 9.78. The maximum Gasteiger partial charge on any atom is 0.334 e. The summed E-state index contributed by atoms with van der Waals surface area (Å²) in [7, 11) is 0. The molecule has 2 aromatic rings. The van der Waals surface area contributed by atoms with E-state index in [1.54, 1.807) is 0 Å². The predicted molar refractivity (Wildman–Crippen MR) is 115 cm³/mol. The van der Waals surface area contributed by atoms with Gasteiger partial charge in [-0.3, -0.25) is 4.90 Å². The molecule has 0 saturated heterocycles. The van der Waals surface area contributed by atoms with E-state index in [9.17, 15) is 4.79 Å². The van der Waals surface area contributed by atoms with E-state index in [2.05, 4.69) is 10.1 Å². The van der Waals surface area contributed by atoms with Crippen LogP contribution in [0.2, 0.25) is 5.02 Å². The van der Waals surface area contributed by atoms with Gasteiger partial charge in [-0.05, 0) is 19.4 Å². The van der Waals surface area contributed by atoms with Crippen molar-refractivity contribution in [3.63, 3.8) is 0 Å². The van der Waals surface area contributed by atoms with E-state index < -0.39 is 0 Å². The summed E-state index contributed by atoms with van der Waals surface area (Å²) < 4.78 is 5.10. The second kappa shape index (κ2) is 10.8. The summed E-state index contributed by atoms with van der Waals surface area (Å²) in [6.45, 7) is 4.74. The molecule has 1 heterocycles. The van der Waals surface area contributed by atoms with Gasteiger partial charge in [-0.25, -0.2) is 4.79 Å². The Kier molecular flexibility index (Phi) is 7.85. The molecule has 0 bridgehead atoms. The Bertz CT molecular complexity index is 881. The zero-order valence-corrected chi connectivity index (χ0v) is 17.3. The molecule has 0 unspecified atom stereocenters. The van der Waals surface area contributed by atoms with Gasteiger partial charge in [0.2, 0.25) is 0 Å². The number of carbonyl (C=O) groups is 1. The van der Waals surface area contributed by atoms with Crippen molar-refractivity contribution in [3.8, 4) is 0 Å². The molecule has 1 aliphatic rings. The van der Waals surface area contributed by atoms with Gasteiger partial charge in [0.05, 0.1) is 11.6 Å². The van der Waals surface area contributed by atoms with Gasteiger partial charge in [-0.1, -0.05) is 71.4 Å². The van der Waals surface area contributed by atoms with Crippen LogP contribution in [0.15, 0.2) is 71.4 Å². The Labute approximate surface area is 176 Å². The van der Waals surface area contributed by atoms with E-state index in [1.165, 1.54) is 0 Å². The van der Waals surface area contributed by atoms with Gasteiger partial charge in [0.25, 0.3) is 0 Å². The second-order valence-electron chi connectivity index (χ2n) is 6.63. The predicted octanol–water partition coefficient (Wildman–Crippen LogP) is 4.30. The largest absolute Gasteiger partial charge is 0.463 e. The zero-order chi connectivity index (χ0) is 20.5. The molecule has 2 aromatic carbocycles. The van der Waals surface area contributed by atoms with Crippen LogP contribution in [-0.2, 0) is 14.4 Å². The van der Waals surface area contributed by atoms with E-state index in [1.807, 2.05) is 67.6 Å². The Hall–Kier alpha value is -2.63. The van der Waals surface area contributed by atoms with E-state index >= 15 is 0 Å². The van der Waals surface area contributed by atoms with Crippen molar-refractivity contribution in [2.24, 2.45) is 5.16 Å². The number of esters is 1. The summed E-state index contributed by atoms with van der Waals surface area (Å²) in [5.74, 6) is -0.235. The number of halogens is 1. The standard InChI is InChI=1S/C23H25ClN2O3/c1-2-28-23(27)19-11-8-14-26(17-19)15-16-29-25-22(18-9-4-3-5-10-18)20-12-6-7-13-21(20)24/h3-7,9-13H,2,8,14-17H2,1H3. The van der Waals surface area contributed by atoms with E-state index in [0.717, 1.165) is 24.1 Å². The average molecular weight is 413 g/mol. The SMILES string of the molecule is CCOC(=O)C1=CCCN(CCON=C(c2ccccc2)c2ccccc2Cl)C1. The third kappa shape index (κ3) is 5.92. The summed E-state index contributed by atoms with van der Waals surface area (Å²) in [6.07, 6.45) is 2.78. The van der Waals surface area contributed by atoms with Gasteiger partial charge < -0.3 is 9.57 Å². The quantitative estimate of drug-likeness (QED) is 0.280. The summed E-state index contributed by atoms with van der Waals surface area (Å²) in [4.78, 5) is 19.7. The van der Waals surface area contributed by atoms with Crippen LogP contribution in [-0.4, -0.2) is 49.4 Å². The van der Waals surface area contributed by atoms with Gasteiger partial charge in [0.15, 0.2) is 0 Å². The number of carbonyl (C=O) groups excluding carboxylic acids is 1. The lowest BCUT2D eigenvalue weighted by molar-refractivity contribution is -0.139. The van der Waals surface area contributed by atoms with E-state index in [4.69, 9.17) is 21.2 Å². The van der Waals surface area contributed by atoms with Crippen LogP contribution >= 0.6 is 11.6 Å². The maximum absolute atomic E-state index is 11.9. The van der Waals surface area contributed by atoms with Crippen molar-refractivity contribution in [2.45, 2.75) is 13.3 Å². The second-order valence-corrected chi connectivity index (χ2v) is 7.04. The molecule has 0 fully saturated rings. The summed E-state index contributed by atoms with van der Waals surface area (Å²) >= 11 is 6.38. The third-order valence-corrected chi connectivity index (χ3v) is 4.93. The van der Waals surface area contributed by atoms with Gasteiger partial charge in [-0.2, -0.15) is 0 Å². The van der Waals surface area contributed by atoms with Crippen molar-refractivity contribution in [1.29, 1.82) is 0 Å². The third-order valence-electron chi connectivity index (χ3n) is 4.60. The Morgan fingerprint density at radius 3 is 2.66 bits per heavy atom. The summed E-state index contributed by atoms with van der Waals surface area (Å²) in [5, 5.41) is 5.02. The summed E-state index contributed by atoms with van der Waals surface area (Å²) in [6, 6.07) is 17.4. The minimum Gasteiger partial charge on any atom is -0.463 e. The molecule has 0 atom stereocenters. The average Bonchev–Trinajstić information content (AvgIpc) is 2.76. The molecule has 152 valence electrons. The highest BCUT2D eigenvalue weighted by Crippen LogP contribution is 2.20. The van der Waals surface area contributed by atoms with E-state index in [0.29, 0.717) is 42.6 Å². The van der Waals surface area contributed by atoms with Crippen LogP contribution in [0.1, 0.15) is 24.5 Å². The van der Waals surface area contributed by atoms with Crippen LogP contribution < -0.4 is 0 Å². The fraction of sp³-hybridized carbons (Fsp3) is 0.304. The molecular formula is C23H25ClN2O3. The lowest BCUT2D eigenvalue weighted by Crippen LogP contribution is -2.35. The van der Waals surface area contributed by atoms with Crippen LogP contribution in [0.3, 0.4) is 0 Å². The first kappa shape index (κ1) is 21.1. The summed E-state index contributed by atoms with van der Waals surface area (Å²) in [5.41, 5.74) is 3.17. The molecule has 1 aliphatic heterocycles. The lowest BCUT2D eigenvalue weighted by atomic mass is 10.0. The Morgan fingerprint density at radius 2 is 1.90 bits per heavy atom. The topological polar surface area (TPSA) is 51.1 Å². The van der Waals surface area contributed by atoms with Crippen LogP contribution in [0.25, 0.3) is 0 Å². The first-order chi connectivity index (χ1) is 14.2. The monoisotopic (exact) mass is 412 g/mol. The number of rotatable bonds is 8. The number of oxime groups is 1. The van der Waals surface area contributed by atoms with Crippen molar-refractivity contribution in [2.75, 3.05) is 32.8 Å². The molecule has 5 nitrogen and oxygen atoms in total. The number of hydrogen-bond donors (Lipinski definition) is 0. The fourth-order valence-corrected chi connectivity index (χ4v) is 3.38. The molecule has 0 radical (unpaired) electrons. The molecule has 0 aromatic heterocycles. The van der Waals surface area contributed by atoms with Crippen LogP contribution in [0.4, 0.5) is 0 Å². The molecule has 0 spiro atoms. The lowest BCUT2D eigenvalue weighted by Gasteiger charge is -2.25. The highest BCUT2D eigenvalue weighted by Gasteiger charge is 2.19. The van der Waals surface area contributed by atoms with Crippen LogP contribution in [0.5, 0.6) is 0 Å². The number of ether oxygens (including phenoxy) is 1. The number of benzene rings is 2. The molecule has 3 rings (SSSR count). The molecule has 29 heavy (non-hydrogen) atoms.